The normalized spacial score (nSPS) is 12.3. The topological polar surface area (TPSA) is 47.3 Å². The molecule has 21 heavy (non-hydrogen) atoms. The quantitative estimate of drug-likeness (QED) is 0.670. The van der Waals surface area contributed by atoms with Crippen molar-refractivity contribution in [2.75, 3.05) is 7.11 Å². The van der Waals surface area contributed by atoms with Crippen molar-refractivity contribution in [2.45, 2.75) is 26.8 Å². The van der Waals surface area contributed by atoms with Crippen molar-refractivity contribution in [3.8, 4) is 5.75 Å². The van der Waals surface area contributed by atoms with E-state index in [1.54, 1.807) is 20.1 Å². The van der Waals surface area contributed by atoms with Crippen LogP contribution in [0.3, 0.4) is 0 Å². The van der Waals surface area contributed by atoms with Crippen LogP contribution >= 0.6 is 0 Å². The van der Waals surface area contributed by atoms with E-state index >= 15 is 0 Å². The Morgan fingerprint density at radius 3 is 2.33 bits per heavy atom. The molecule has 3 N–H and O–H groups in total. The Morgan fingerprint density at radius 1 is 1.05 bits per heavy atom. The molecule has 0 fully saturated rings. The number of ether oxygens (including phenoxy) is 1. The van der Waals surface area contributed by atoms with Crippen molar-refractivity contribution in [3.63, 3.8) is 0 Å². The zero-order valence-corrected chi connectivity index (χ0v) is 12.8. The van der Waals surface area contributed by atoms with Gasteiger partial charge in [-0.05, 0) is 60.7 Å². The fourth-order valence-electron chi connectivity index (χ4n) is 2.50. The third-order valence-electron chi connectivity index (χ3n) is 3.79. The number of methoxy groups -OCH3 is 1. The van der Waals surface area contributed by atoms with Crippen LogP contribution in [0, 0.1) is 26.6 Å². The number of nitrogens with one attached hydrogen (secondary N) is 1. The summed E-state index contributed by atoms with van der Waals surface area (Å²) < 4.78 is 19.1. The van der Waals surface area contributed by atoms with E-state index in [-0.39, 0.29) is 11.9 Å². The molecule has 0 aliphatic heterocycles. The number of rotatable bonds is 4. The first-order valence-electron chi connectivity index (χ1n) is 6.85. The zero-order valence-electron chi connectivity index (χ0n) is 12.8. The number of hydrazine groups is 1. The number of benzene rings is 2. The lowest BCUT2D eigenvalue weighted by Crippen LogP contribution is -2.29. The summed E-state index contributed by atoms with van der Waals surface area (Å²) in [6.45, 7) is 5.71. The minimum absolute atomic E-state index is 0.226. The number of aryl methyl sites for hydroxylation is 3. The van der Waals surface area contributed by atoms with E-state index in [0.29, 0.717) is 5.56 Å². The third-order valence-corrected chi connectivity index (χ3v) is 3.79. The summed E-state index contributed by atoms with van der Waals surface area (Å²) in [5.41, 5.74) is 7.28. The Kier molecular flexibility index (Phi) is 4.60. The van der Waals surface area contributed by atoms with Gasteiger partial charge in [0, 0.05) is 0 Å². The number of halogens is 1. The fraction of sp³-hybridized carbons (Fsp3) is 0.294. The molecule has 2 rings (SSSR count). The molecule has 0 aromatic heterocycles. The largest absolute Gasteiger partial charge is 0.496 e. The molecular weight excluding hydrogens is 267 g/mol. The second-order valence-corrected chi connectivity index (χ2v) is 5.29. The van der Waals surface area contributed by atoms with E-state index < -0.39 is 0 Å². The summed E-state index contributed by atoms with van der Waals surface area (Å²) in [5.74, 6) is 6.32. The van der Waals surface area contributed by atoms with Crippen molar-refractivity contribution < 1.29 is 9.13 Å². The van der Waals surface area contributed by atoms with Crippen molar-refractivity contribution in [2.24, 2.45) is 5.84 Å². The van der Waals surface area contributed by atoms with Crippen molar-refractivity contribution in [1.82, 2.24) is 5.43 Å². The molecule has 0 spiro atoms. The van der Waals surface area contributed by atoms with Gasteiger partial charge in [-0.25, -0.2) is 9.82 Å². The summed E-state index contributed by atoms with van der Waals surface area (Å²) in [7, 11) is 1.65. The molecule has 2 aromatic rings. The van der Waals surface area contributed by atoms with Crippen LogP contribution in [0.5, 0.6) is 5.75 Å². The summed E-state index contributed by atoms with van der Waals surface area (Å²) in [5, 5.41) is 0. The Morgan fingerprint density at radius 2 is 1.76 bits per heavy atom. The predicted octanol–water partition coefficient (Wildman–Crippen LogP) is 3.31. The van der Waals surface area contributed by atoms with E-state index in [2.05, 4.69) is 5.43 Å². The van der Waals surface area contributed by atoms with E-state index in [0.717, 1.165) is 28.0 Å². The molecule has 3 nitrogen and oxygen atoms in total. The molecule has 2 aromatic carbocycles. The van der Waals surface area contributed by atoms with Gasteiger partial charge in [0.2, 0.25) is 0 Å². The number of nitrogens with two attached hydrogens (primary N) is 1. The smallest absolute Gasteiger partial charge is 0.126 e. The second-order valence-electron chi connectivity index (χ2n) is 5.29. The van der Waals surface area contributed by atoms with Gasteiger partial charge in [-0.3, -0.25) is 5.84 Å². The van der Waals surface area contributed by atoms with Gasteiger partial charge in [-0.15, -0.1) is 0 Å². The lowest BCUT2D eigenvalue weighted by molar-refractivity contribution is 0.411. The zero-order chi connectivity index (χ0) is 15.6. The van der Waals surface area contributed by atoms with Crippen molar-refractivity contribution >= 4 is 0 Å². The molecule has 0 heterocycles. The van der Waals surface area contributed by atoms with E-state index in [9.17, 15) is 4.39 Å². The highest BCUT2D eigenvalue weighted by Gasteiger charge is 2.17. The summed E-state index contributed by atoms with van der Waals surface area (Å²) >= 11 is 0. The van der Waals surface area contributed by atoms with Gasteiger partial charge < -0.3 is 4.74 Å². The molecule has 0 amide bonds. The molecule has 0 saturated carbocycles. The van der Waals surface area contributed by atoms with Crippen LogP contribution in [-0.2, 0) is 0 Å². The minimum Gasteiger partial charge on any atom is -0.496 e. The average Bonchev–Trinajstić information content (AvgIpc) is 2.46. The maximum atomic E-state index is 13.8. The van der Waals surface area contributed by atoms with Gasteiger partial charge in [0.25, 0.3) is 0 Å². The maximum absolute atomic E-state index is 13.8. The average molecular weight is 288 g/mol. The molecule has 0 aliphatic rings. The Hall–Kier alpha value is -1.91. The fourth-order valence-corrected chi connectivity index (χ4v) is 2.50. The summed E-state index contributed by atoms with van der Waals surface area (Å²) in [4.78, 5) is 0. The molecule has 1 unspecified atom stereocenters. The van der Waals surface area contributed by atoms with Gasteiger partial charge >= 0.3 is 0 Å². The van der Waals surface area contributed by atoms with Crippen LogP contribution < -0.4 is 16.0 Å². The molecule has 4 heteroatoms. The highest BCUT2D eigenvalue weighted by atomic mass is 19.1. The van der Waals surface area contributed by atoms with Gasteiger partial charge in [0.1, 0.15) is 11.6 Å². The lowest BCUT2D eigenvalue weighted by atomic mass is 9.93. The molecular formula is C17H21FN2O. The van der Waals surface area contributed by atoms with Gasteiger partial charge in [-0.1, -0.05) is 18.2 Å². The van der Waals surface area contributed by atoms with Crippen LogP contribution in [0.25, 0.3) is 0 Å². The van der Waals surface area contributed by atoms with Crippen LogP contribution in [0.2, 0.25) is 0 Å². The third kappa shape index (κ3) is 3.06. The first-order valence-corrected chi connectivity index (χ1v) is 6.85. The van der Waals surface area contributed by atoms with Crippen LogP contribution in [0.1, 0.15) is 33.9 Å². The minimum atomic E-state index is -0.260. The molecule has 0 saturated heterocycles. The molecule has 0 aliphatic carbocycles. The summed E-state index contributed by atoms with van der Waals surface area (Å²) in [6, 6.07) is 8.92. The van der Waals surface area contributed by atoms with Crippen molar-refractivity contribution in [3.05, 3.63) is 64.0 Å². The number of hydrogen-bond donors (Lipinski definition) is 2. The van der Waals surface area contributed by atoms with E-state index in [1.165, 1.54) is 6.07 Å². The Labute approximate surface area is 124 Å². The van der Waals surface area contributed by atoms with Crippen LogP contribution in [0.4, 0.5) is 4.39 Å². The molecule has 112 valence electrons. The van der Waals surface area contributed by atoms with Crippen molar-refractivity contribution in [1.29, 1.82) is 0 Å². The van der Waals surface area contributed by atoms with E-state index in [1.807, 2.05) is 32.0 Å². The highest BCUT2D eigenvalue weighted by molar-refractivity contribution is 5.46. The van der Waals surface area contributed by atoms with Gasteiger partial charge in [0.15, 0.2) is 0 Å². The number of hydrogen-bond acceptors (Lipinski definition) is 3. The second kappa shape index (κ2) is 6.24. The highest BCUT2D eigenvalue weighted by Crippen LogP contribution is 2.30. The van der Waals surface area contributed by atoms with Crippen LogP contribution in [-0.4, -0.2) is 7.11 Å². The van der Waals surface area contributed by atoms with Gasteiger partial charge in [-0.2, -0.15) is 0 Å². The maximum Gasteiger partial charge on any atom is 0.126 e. The molecule has 0 bridgehead atoms. The lowest BCUT2D eigenvalue weighted by Gasteiger charge is -2.21. The molecule has 0 radical (unpaired) electrons. The molecule has 1 atom stereocenters. The first-order chi connectivity index (χ1) is 9.97. The monoisotopic (exact) mass is 288 g/mol. The SMILES string of the molecule is COc1cc(C)c(C(NN)c2ccc(C)c(F)c2)cc1C. The van der Waals surface area contributed by atoms with Crippen LogP contribution in [0.15, 0.2) is 30.3 Å². The summed E-state index contributed by atoms with van der Waals surface area (Å²) in [6.07, 6.45) is 0. The first kappa shape index (κ1) is 15.5. The standard InChI is InChI=1S/C17H21FN2O/c1-10-5-6-13(9-15(10)18)17(20-19)14-7-12(3)16(21-4)8-11(14)2/h5-9,17,20H,19H2,1-4H3. The van der Waals surface area contributed by atoms with Gasteiger partial charge in [0.05, 0.1) is 13.2 Å². The van der Waals surface area contributed by atoms with E-state index in [4.69, 9.17) is 10.6 Å². The Balaban J connectivity index is 2.50. The Bertz CT molecular complexity index is 655. The predicted molar refractivity (Wildman–Crippen MR) is 82.8 cm³/mol.